The first-order chi connectivity index (χ1) is 20.6. The average Bonchev–Trinajstić information content (AvgIpc) is 3.27. The first-order valence-corrected chi connectivity index (χ1v) is 14.5. The van der Waals surface area contributed by atoms with Crippen LogP contribution in [0.5, 0.6) is 17.2 Å². The summed E-state index contributed by atoms with van der Waals surface area (Å²) in [4.78, 5) is 39.5. The van der Waals surface area contributed by atoms with Crippen molar-refractivity contribution in [1.82, 2.24) is 15.2 Å². The van der Waals surface area contributed by atoms with Gasteiger partial charge in [-0.05, 0) is 65.8 Å². The van der Waals surface area contributed by atoms with E-state index in [9.17, 15) is 14.4 Å². The topological polar surface area (TPSA) is 120 Å². The van der Waals surface area contributed by atoms with Crippen molar-refractivity contribution < 1.29 is 23.8 Å². The van der Waals surface area contributed by atoms with Crippen molar-refractivity contribution in [2.45, 2.75) is 58.7 Å². The van der Waals surface area contributed by atoms with Gasteiger partial charge >= 0.3 is 0 Å². The van der Waals surface area contributed by atoms with Crippen LogP contribution >= 0.6 is 0 Å². The lowest BCUT2D eigenvalue weighted by Gasteiger charge is -2.24. The maximum Gasteiger partial charge on any atom is 0.243 e. The van der Waals surface area contributed by atoms with E-state index in [1.54, 1.807) is 33.5 Å². The molecule has 1 aliphatic rings. The van der Waals surface area contributed by atoms with E-state index >= 15 is 0 Å². The van der Waals surface area contributed by atoms with Gasteiger partial charge in [-0.15, -0.1) is 0 Å². The zero-order valence-corrected chi connectivity index (χ0v) is 26.0. The Morgan fingerprint density at radius 2 is 1.81 bits per heavy atom. The number of fused-ring (bicyclic) bond motifs is 3. The zero-order chi connectivity index (χ0) is 31.3. The van der Waals surface area contributed by atoms with Crippen LogP contribution in [0.25, 0.3) is 11.1 Å². The van der Waals surface area contributed by atoms with Gasteiger partial charge in [0, 0.05) is 31.4 Å². The molecule has 1 aliphatic carbocycles. The molecule has 0 spiro atoms. The van der Waals surface area contributed by atoms with Gasteiger partial charge in [-0.1, -0.05) is 26.3 Å². The van der Waals surface area contributed by atoms with Crippen molar-refractivity contribution in [3.05, 3.63) is 69.6 Å². The summed E-state index contributed by atoms with van der Waals surface area (Å²) in [5, 5.41) is 9.30. The maximum atomic E-state index is 13.8. The van der Waals surface area contributed by atoms with Gasteiger partial charge in [-0.2, -0.15) is 0 Å². The minimum Gasteiger partial charge on any atom is -0.493 e. The molecule has 230 valence electrons. The number of aromatic nitrogens is 1. The molecule has 1 heterocycles. The van der Waals surface area contributed by atoms with Gasteiger partial charge < -0.3 is 34.7 Å². The number of nitrogens with zero attached hydrogens (tertiary/aromatic N) is 1. The summed E-state index contributed by atoms with van der Waals surface area (Å²) in [6, 6.07) is 9.84. The SMILES string of the molecule is CCC(C)C(Nc1ccc2c(cc1=O)C(NC(C)=O)CCc1cc(OC)c(OC)c(OC)c1-2)C(=O)NCc1cccn1C. The van der Waals surface area contributed by atoms with E-state index in [2.05, 4.69) is 16.0 Å². The van der Waals surface area contributed by atoms with Crippen LogP contribution in [0.4, 0.5) is 5.69 Å². The molecule has 0 bridgehead atoms. The van der Waals surface area contributed by atoms with Gasteiger partial charge in [-0.3, -0.25) is 14.4 Å². The number of hydrogen-bond acceptors (Lipinski definition) is 7. The highest BCUT2D eigenvalue weighted by atomic mass is 16.5. The number of rotatable bonds is 11. The van der Waals surface area contributed by atoms with E-state index in [4.69, 9.17) is 14.2 Å². The van der Waals surface area contributed by atoms with Gasteiger partial charge in [0.25, 0.3) is 0 Å². The number of carbonyl (C=O) groups is 2. The van der Waals surface area contributed by atoms with Crippen LogP contribution in [0.1, 0.15) is 56.5 Å². The van der Waals surface area contributed by atoms with Gasteiger partial charge in [-0.25, -0.2) is 0 Å². The summed E-state index contributed by atoms with van der Waals surface area (Å²) in [7, 11) is 6.61. The molecule has 2 amide bonds. The Morgan fingerprint density at radius 1 is 1.07 bits per heavy atom. The van der Waals surface area contributed by atoms with Crippen LogP contribution in [-0.2, 0) is 29.6 Å². The molecular formula is C33H42N4O6. The lowest BCUT2D eigenvalue weighted by atomic mass is 9.95. The van der Waals surface area contributed by atoms with Crippen molar-refractivity contribution in [3.8, 4) is 28.4 Å². The summed E-state index contributed by atoms with van der Waals surface area (Å²) < 4.78 is 19.1. The van der Waals surface area contributed by atoms with Gasteiger partial charge in [0.1, 0.15) is 6.04 Å². The molecule has 3 aromatic rings. The third kappa shape index (κ3) is 6.63. The van der Waals surface area contributed by atoms with Gasteiger partial charge in [0.05, 0.1) is 39.6 Å². The molecule has 10 nitrogen and oxygen atoms in total. The molecular weight excluding hydrogens is 548 g/mol. The molecule has 1 aromatic heterocycles. The molecule has 10 heteroatoms. The Kier molecular flexibility index (Phi) is 10.0. The van der Waals surface area contributed by atoms with Crippen molar-refractivity contribution >= 4 is 17.5 Å². The Labute approximate surface area is 252 Å². The maximum absolute atomic E-state index is 13.8. The fraction of sp³-hybridized carbons (Fsp3) is 0.424. The Bertz CT molecular complexity index is 1550. The second-order valence-corrected chi connectivity index (χ2v) is 10.9. The molecule has 43 heavy (non-hydrogen) atoms. The van der Waals surface area contributed by atoms with E-state index in [1.165, 1.54) is 6.92 Å². The number of amides is 2. The van der Waals surface area contributed by atoms with E-state index in [-0.39, 0.29) is 28.8 Å². The van der Waals surface area contributed by atoms with Crippen LogP contribution in [-0.4, -0.2) is 43.8 Å². The minimum absolute atomic E-state index is 0.0548. The van der Waals surface area contributed by atoms with Crippen molar-refractivity contribution in [2.24, 2.45) is 13.0 Å². The van der Waals surface area contributed by atoms with E-state index < -0.39 is 12.1 Å². The van der Waals surface area contributed by atoms with Crippen LogP contribution in [0.15, 0.2) is 47.4 Å². The lowest BCUT2D eigenvalue weighted by molar-refractivity contribution is -0.123. The fourth-order valence-electron chi connectivity index (χ4n) is 5.66. The monoisotopic (exact) mass is 590 g/mol. The van der Waals surface area contributed by atoms with Crippen LogP contribution in [0.2, 0.25) is 0 Å². The summed E-state index contributed by atoms with van der Waals surface area (Å²) in [6.07, 6.45) is 3.82. The number of ether oxygens (including phenoxy) is 3. The number of carbonyl (C=O) groups excluding carboxylic acids is 2. The first kappa shape index (κ1) is 31.5. The van der Waals surface area contributed by atoms with Crippen molar-refractivity contribution in [1.29, 1.82) is 0 Å². The number of benzene rings is 1. The van der Waals surface area contributed by atoms with Crippen molar-refractivity contribution in [2.75, 3.05) is 26.6 Å². The zero-order valence-electron chi connectivity index (χ0n) is 26.0. The highest BCUT2D eigenvalue weighted by Gasteiger charge is 2.30. The van der Waals surface area contributed by atoms with E-state index in [1.807, 2.05) is 55.9 Å². The third-order valence-corrected chi connectivity index (χ3v) is 8.22. The molecule has 0 radical (unpaired) electrons. The second-order valence-electron chi connectivity index (χ2n) is 10.9. The Morgan fingerprint density at radius 3 is 2.42 bits per heavy atom. The minimum atomic E-state index is -0.641. The predicted molar refractivity (Wildman–Crippen MR) is 167 cm³/mol. The van der Waals surface area contributed by atoms with E-state index in [0.29, 0.717) is 42.2 Å². The Balaban J connectivity index is 1.82. The summed E-state index contributed by atoms with van der Waals surface area (Å²) in [6.45, 7) is 5.83. The lowest BCUT2D eigenvalue weighted by Crippen LogP contribution is -2.44. The smallest absolute Gasteiger partial charge is 0.243 e. The fourth-order valence-corrected chi connectivity index (χ4v) is 5.66. The molecule has 2 aromatic carbocycles. The largest absolute Gasteiger partial charge is 0.493 e. The number of methoxy groups -OCH3 is 3. The van der Waals surface area contributed by atoms with Crippen molar-refractivity contribution in [3.63, 3.8) is 0 Å². The molecule has 0 saturated carbocycles. The van der Waals surface area contributed by atoms with Crippen LogP contribution in [0, 0.1) is 5.92 Å². The highest BCUT2D eigenvalue weighted by Crippen LogP contribution is 2.50. The third-order valence-electron chi connectivity index (χ3n) is 8.22. The standard InChI is InChI=1S/C33H42N4O6/c1-8-19(2)30(33(40)34-18-22-10-9-15-37(22)4)36-26-14-12-23-24(17-27(26)39)25(35-20(3)38)13-11-21-16-28(41-5)31(42-6)32(43-7)29(21)23/h9-10,12,14-17,19,25,30H,8,11,13,18H2,1-7H3,(H,34,40)(H,35,38)(H,36,39). The van der Waals surface area contributed by atoms with Gasteiger partial charge in [0.15, 0.2) is 11.5 Å². The molecule has 3 atom stereocenters. The van der Waals surface area contributed by atoms with E-state index in [0.717, 1.165) is 28.8 Å². The predicted octanol–water partition coefficient (Wildman–Crippen LogP) is 4.34. The quantitative estimate of drug-likeness (QED) is 0.304. The van der Waals surface area contributed by atoms with Crippen LogP contribution in [0.3, 0.4) is 0 Å². The molecule has 0 saturated heterocycles. The molecule has 3 N–H and O–H groups in total. The summed E-state index contributed by atoms with van der Waals surface area (Å²) >= 11 is 0. The number of anilines is 1. The Hall–Kier alpha value is -4.47. The molecule has 0 fully saturated rings. The molecule has 3 unspecified atom stereocenters. The highest BCUT2D eigenvalue weighted by molar-refractivity contribution is 5.86. The summed E-state index contributed by atoms with van der Waals surface area (Å²) in [5.41, 5.74) is 4.06. The summed E-state index contributed by atoms with van der Waals surface area (Å²) in [5.74, 6) is 0.998. The number of aryl methyl sites for hydroxylation is 2. The average molecular weight is 591 g/mol. The number of hydrogen-bond donors (Lipinski definition) is 3. The van der Waals surface area contributed by atoms with Crippen LogP contribution < -0.4 is 35.6 Å². The normalized spacial score (nSPS) is 15.2. The second kappa shape index (κ2) is 13.7. The first-order valence-electron chi connectivity index (χ1n) is 14.5. The molecule has 4 rings (SSSR count). The molecule has 0 aliphatic heterocycles. The number of nitrogens with one attached hydrogen (secondary N) is 3. The van der Waals surface area contributed by atoms with Gasteiger partial charge in [0.2, 0.25) is 23.0 Å².